The van der Waals surface area contributed by atoms with E-state index in [4.69, 9.17) is 0 Å². The summed E-state index contributed by atoms with van der Waals surface area (Å²) in [5.41, 5.74) is 0.319. The Labute approximate surface area is 179 Å². The van der Waals surface area contributed by atoms with Crippen LogP contribution in [-0.2, 0) is 24.7 Å². The number of fused-ring (bicyclic) bond motifs is 2. The second-order valence-electron chi connectivity index (χ2n) is 8.09. The van der Waals surface area contributed by atoms with E-state index in [0.717, 1.165) is 0 Å². The highest BCUT2D eigenvalue weighted by atomic mass is 19.3. The molecule has 174 valence electrons. The maximum absolute atomic E-state index is 13.5. The maximum atomic E-state index is 13.5. The monoisotopic (exact) mass is 450 g/mol. The Hall–Kier alpha value is -2.05. The van der Waals surface area contributed by atoms with Gasteiger partial charge in [-0.25, -0.2) is 30.7 Å². The molecule has 0 nitrogen and oxygen atoms in total. The predicted molar refractivity (Wildman–Crippen MR) is 109 cm³/mol. The van der Waals surface area contributed by atoms with Crippen molar-refractivity contribution in [3.8, 4) is 0 Å². The first-order chi connectivity index (χ1) is 13.3. The lowest BCUT2D eigenvalue weighted by molar-refractivity contribution is -0.0484. The van der Waals surface area contributed by atoms with Crippen LogP contribution in [0.15, 0.2) is 18.2 Å². The summed E-state index contributed by atoms with van der Waals surface area (Å²) in [6, 6.07) is 4.13. The van der Waals surface area contributed by atoms with Gasteiger partial charge in [-0.2, -0.15) is 0 Å². The van der Waals surface area contributed by atoms with E-state index in [-0.39, 0.29) is 38.8 Å². The first kappa shape index (κ1) is 27.0. The molecule has 2 atom stereocenters. The van der Waals surface area contributed by atoms with E-state index in [2.05, 4.69) is 0 Å². The summed E-state index contributed by atoms with van der Waals surface area (Å²) >= 11 is 0. The number of hydrogen-bond acceptors (Lipinski definition) is 0. The largest absolute Gasteiger partial charge is 0.279 e. The van der Waals surface area contributed by atoms with Crippen LogP contribution in [0.4, 0.5) is 30.7 Å². The fourth-order valence-electron chi connectivity index (χ4n) is 4.10. The minimum Gasteiger partial charge on any atom is -0.206 e. The third-order valence-electron chi connectivity index (χ3n) is 5.74. The summed E-state index contributed by atoms with van der Waals surface area (Å²) in [6.07, 6.45) is 0.362. The summed E-state index contributed by atoms with van der Waals surface area (Å²) < 4.78 is 93.8. The Morgan fingerprint density at radius 2 is 1.16 bits per heavy atom. The van der Waals surface area contributed by atoms with E-state index >= 15 is 0 Å². The van der Waals surface area contributed by atoms with Gasteiger partial charge in [0.1, 0.15) is 5.82 Å². The van der Waals surface area contributed by atoms with Crippen molar-refractivity contribution < 1.29 is 30.7 Å². The maximum Gasteiger partial charge on any atom is 0.279 e. The molecule has 2 aromatic carbocycles. The van der Waals surface area contributed by atoms with Gasteiger partial charge in [-0.05, 0) is 55.0 Å². The zero-order chi connectivity index (χ0) is 21.9. The van der Waals surface area contributed by atoms with Crippen molar-refractivity contribution in [1.82, 2.24) is 0 Å². The van der Waals surface area contributed by atoms with E-state index < -0.39 is 52.3 Å². The van der Waals surface area contributed by atoms with Gasteiger partial charge in [0, 0.05) is 11.8 Å². The van der Waals surface area contributed by atoms with E-state index in [0.29, 0.717) is 11.1 Å². The van der Waals surface area contributed by atoms with Gasteiger partial charge >= 0.3 is 0 Å². The molecule has 0 saturated heterocycles. The van der Waals surface area contributed by atoms with Gasteiger partial charge in [-0.1, -0.05) is 40.8 Å². The lowest BCUT2D eigenvalue weighted by Gasteiger charge is -2.16. The molecular weight excluding hydrogens is 421 g/mol. The molecule has 31 heavy (non-hydrogen) atoms. The number of rotatable bonds is 0. The lowest BCUT2D eigenvalue weighted by atomic mass is 10.0. The van der Waals surface area contributed by atoms with Crippen molar-refractivity contribution >= 4 is 0 Å². The van der Waals surface area contributed by atoms with Gasteiger partial charge in [-0.15, -0.1) is 0 Å². The van der Waals surface area contributed by atoms with Crippen LogP contribution in [0.2, 0.25) is 0 Å². The molecule has 2 aromatic rings. The van der Waals surface area contributed by atoms with E-state index in [9.17, 15) is 30.7 Å². The number of hydrogen-bond donors (Lipinski definition) is 0. The molecule has 0 heterocycles. The van der Waals surface area contributed by atoms with Gasteiger partial charge < -0.3 is 0 Å². The zero-order valence-corrected chi connectivity index (χ0v) is 16.4. The van der Waals surface area contributed by atoms with Crippen molar-refractivity contribution in [2.75, 3.05) is 0 Å². The van der Waals surface area contributed by atoms with E-state index in [1.54, 1.807) is 13.0 Å². The van der Waals surface area contributed by atoms with Crippen LogP contribution < -0.4 is 0 Å². The zero-order valence-electron chi connectivity index (χ0n) is 16.4. The summed E-state index contributed by atoms with van der Waals surface area (Å²) in [6.45, 7) is 5.88. The molecule has 0 saturated carbocycles. The summed E-state index contributed by atoms with van der Waals surface area (Å²) in [7, 11) is 0. The van der Waals surface area contributed by atoms with Crippen LogP contribution in [0.5, 0.6) is 0 Å². The number of aryl methyl sites for hydroxylation is 2. The summed E-state index contributed by atoms with van der Waals surface area (Å²) in [4.78, 5) is 0. The Kier molecular flexibility index (Phi) is 7.69. The average Bonchev–Trinajstić information content (AvgIpc) is 2.94. The SMILES string of the molecule is C.C.Cc1cc(F)c2c(c1)CC(C)C2(F)F.Cc1cc2c(c(F)c1F)C(F)(F)C(C)C2. The fraction of sp³-hybridized carbons (Fsp3) is 0.500. The van der Waals surface area contributed by atoms with Crippen LogP contribution in [0.1, 0.15) is 62.1 Å². The molecule has 0 N–H and O–H groups in total. The molecule has 0 spiro atoms. The molecule has 0 fully saturated rings. The smallest absolute Gasteiger partial charge is 0.206 e. The highest BCUT2D eigenvalue weighted by Crippen LogP contribution is 2.48. The minimum absolute atomic E-state index is 0. The molecule has 0 bridgehead atoms. The van der Waals surface area contributed by atoms with Crippen molar-refractivity contribution in [2.24, 2.45) is 11.8 Å². The Morgan fingerprint density at radius 3 is 1.68 bits per heavy atom. The van der Waals surface area contributed by atoms with Gasteiger partial charge in [0.2, 0.25) is 0 Å². The van der Waals surface area contributed by atoms with Gasteiger partial charge in [-0.3, -0.25) is 0 Å². The molecule has 2 aliphatic carbocycles. The molecule has 7 heteroatoms. The molecule has 2 unspecified atom stereocenters. The normalized spacial score (nSPS) is 21.8. The van der Waals surface area contributed by atoms with Crippen LogP contribution in [0.25, 0.3) is 0 Å². The Bertz CT molecular complexity index is 963. The van der Waals surface area contributed by atoms with E-state index in [1.165, 1.54) is 32.9 Å². The van der Waals surface area contributed by atoms with Crippen molar-refractivity contribution in [3.05, 3.63) is 69.0 Å². The predicted octanol–water partition coefficient (Wildman–Crippen LogP) is 8.25. The summed E-state index contributed by atoms with van der Waals surface area (Å²) in [5, 5.41) is 0. The standard InChI is InChI=1S/C11H10F4.C11H11F3.2CH4/c1-5-3-7-4-6(2)11(14,15)8(7)10(13)9(5)12;1-6-3-8-5-7(2)11(13,14)10(8)9(12)4-6;;/h3,6H,4H2,1-2H3;3-4,7H,5H2,1-2H3;2*1H4. The van der Waals surface area contributed by atoms with Gasteiger partial charge in [0.05, 0.1) is 11.1 Å². The fourth-order valence-corrected chi connectivity index (χ4v) is 4.10. The second kappa shape index (κ2) is 8.83. The van der Waals surface area contributed by atoms with Crippen molar-refractivity contribution in [3.63, 3.8) is 0 Å². The first-order valence-corrected chi connectivity index (χ1v) is 9.31. The molecule has 0 amide bonds. The highest BCUT2D eigenvalue weighted by molar-refractivity contribution is 5.42. The van der Waals surface area contributed by atoms with Gasteiger partial charge in [0.25, 0.3) is 11.8 Å². The van der Waals surface area contributed by atoms with Crippen LogP contribution in [0, 0.1) is 43.1 Å². The average molecular weight is 450 g/mol. The van der Waals surface area contributed by atoms with Crippen LogP contribution >= 0.6 is 0 Å². The third-order valence-corrected chi connectivity index (χ3v) is 5.74. The van der Waals surface area contributed by atoms with Crippen LogP contribution in [-0.4, -0.2) is 0 Å². The minimum atomic E-state index is -3.26. The first-order valence-electron chi connectivity index (χ1n) is 9.31. The topological polar surface area (TPSA) is 0 Å². The second-order valence-corrected chi connectivity index (χ2v) is 8.09. The quantitative estimate of drug-likeness (QED) is 0.355. The van der Waals surface area contributed by atoms with Crippen LogP contribution in [0.3, 0.4) is 0 Å². The summed E-state index contributed by atoms with van der Waals surface area (Å²) in [5.74, 6) is -11.4. The van der Waals surface area contributed by atoms with Crippen molar-refractivity contribution in [2.45, 2.75) is 67.2 Å². The van der Waals surface area contributed by atoms with Crippen molar-refractivity contribution in [1.29, 1.82) is 0 Å². The number of halogens is 7. The van der Waals surface area contributed by atoms with Gasteiger partial charge in [0.15, 0.2) is 11.6 Å². The van der Waals surface area contributed by atoms with E-state index in [1.807, 2.05) is 0 Å². The molecular formula is C24H29F7. The third kappa shape index (κ3) is 4.33. The highest BCUT2D eigenvalue weighted by Gasteiger charge is 2.49. The Balaban J connectivity index is 0.000000292. The molecule has 0 aromatic heterocycles. The lowest BCUT2D eigenvalue weighted by Crippen LogP contribution is -2.19. The molecule has 2 aliphatic rings. The number of alkyl halides is 4. The Morgan fingerprint density at radius 1 is 0.710 bits per heavy atom. The molecule has 0 aliphatic heterocycles. The molecule has 0 radical (unpaired) electrons. The molecule has 4 rings (SSSR count). The number of benzene rings is 2.